The van der Waals surface area contributed by atoms with Crippen LogP contribution >= 0.6 is 22.9 Å². The Hall–Kier alpha value is -1.30. The van der Waals surface area contributed by atoms with Crippen LogP contribution < -0.4 is 8.85 Å². The minimum Gasteiger partial charge on any atom is -0.399 e. The Kier molecular flexibility index (Phi) is 2.24. The highest BCUT2D eigenvalue weighted by Crippen LogP contribution is 2.41. The number of nitrogens with zero attached hydrogens (tertiary/aromatic N) is 2. The normalized spacial score (nSPS) is 13.2. The van der Waals surface area contributed by atoms with E-state index in [1.54, 1.807) is 0 Å². The number of anilines is 3. The first kappa shape index (κ1) is 9.89. The summed E-state index contributed by atoms with van der Waals surface area (Å²) < 4.78 is 2.14. The van der Waals surface area contributed by atoms with Crippen LogP contribution in [0.4, 0.5) is 17.1 Å². The Labute approximate surface area is 108 Å². The first-order valence-corrected chi connectivity index (χ1v) is 5.99. The van der Waals surface area contributed by atoms with Crippen molar-refractivity contribution in [2.75, 3.05) is 8.85 Å². The average Bonchev–Trinajstić information content (AvgIpc) is 2.31. The summed E-state index contributed by atoms with van der Waals surface area (Å²) in [5, 5.41) is 0. The highest BCUT2D eigenvalue weighted by Gasteiger charge is 2.20. The highest BCUT2D eigenvalue weighted by molar-refractivity contribution is 14.1. The molecule has 2 N–H and O–H groups in total. The molecule has 1 aliphatic heterocycles. The molecule has 4 heteroatoms. The van der Waals surface area contributed by atoms with Crippen molar-refractivity contribution in [2.24, 2.45) is 0 Å². The number of pyridine rings is 1. The van der Waals surface area contributed by atoms with Gasteiger partial charge in [-0.2, -0.15) is 0 Å². The zero-order valence-electron chi connectivity index (χ0n) is 8.52. The van der Waals surface area contributed by atoms with Gasteiger partial charge in [0.1, 0.15) is 0 Å². The molecule has 0 saturated heterocycles. The van der Waals surface area contributed by atoms with Gasteiger partial charge < -0.3 is 5.73 Å². The van der Waals surface area contributed by atoms with Crippen molar-refractivity contribution in [1.82, 2.24) is 4.98 Å². The third-order valence-electron chi connectivity index (χ3n) is 2.79. The Bertz CT molecular complexity index is 554. The quantitative estimate of drug-likeness (QED) is 0.460. The van der Waals surface area contributed by atoms with Gasteiger partial charge in [-0.3, -0.25) is 8.10 Å². The fourth-order valence-corrected chi connectivity index (χ4v) is 2.92. The Morgan fingerprint density at radius 1 is 1.19 bits per heavy atom. The van der Waals surface area contributed by atoms with Crippen LogP contribution in [0.2, 0.25) is 0 Å². The van der Waals surface area contributed by atoms with Gasteiger partial charge in [0, 0.05) is 24.5 Å². The minimum atomic E-state index is 0.804. The van der Waals surface area contributed by atoms with E-state index in [1.165, 1.54) is 22.5 Å². The lowest BCUT2D eigenvalue weighted by Gasteiger charge is -2.27. The number of fused-ring (bicyclic) bond motifs is 2. The zero-order chi connectivity index (χ0) is 11.1. The molecule has 1 aliphatic rings. The maximum atomic E-state index is 5.82. The van der Waals surface area contributed by atoms with Crippen LogP contribution in [0.1, 0.15) is 11.1 Å². The molecule has 16 heavy (non-hydrogen) atoms. The first-order chi connectivity index (χ1) is 7.75. The number of halogens is 1. The molecule has 0 aliphatic carbocycles. The molecule has 3 nitrogen and oxygen atoms in total. The number of nitrogen functional groups attached to an aromatic ring is 1. The topological polar surface area (TPSA) is 42.1 Å². The lowest BCUT2D eigenvalue weighted by atomic mass is 9.99. The smallest absolute Gasteiger partial charge is 0.0646 e. The van der Waals surface area contributed by atoms with Gasteiger partial charge in [-0.25, -0.2) is 0 Å². The van der Waals surface area contributed by atoms with Gasteiger partial charge in [-0.05, 0) is 29.3 Å². The molecule has 0 amide bonds. The molecule has 0 atom stereocenters. The molecule has 2 aromatic rings. The van der Waals surface area contributed by atoms with Gasteiger partial charge >= 0.3 is 0 Å². The van der Waals surface area contributed by atoms with Crippen molar-refractivity contribution < 1.29 is 0 Å². The van der Waals surface area contributed by atoms with Gasteiger partial charge in [0.2, 0.25) is 0 Å². The highest BCUT2D eigenvalue weighted by atomic mass is 127. The Balaban J connectivity index is 2.19. The summed E-state index contributed by atoms with van der Waals surface area (Å²) in [4.78, 5) is 4.17. The third kappa shape index (κ3) is 1.44. The monoisotopic (exact) mass is 323 g/mol. The molecule has 0 radical (unpaired) electrons. The lowest BCUT2D eigenvalue weighted by molar-refractivity contribution is 1.10. The van der Waals surface area contributed by atoms with Crippen LogP contribution in [-0.4, -0.2) is 4.98 Å². The molecule has 0 spiro atoms. The summed E-state index contributed by atoms with van der Waals surface area (Å²) in [6.45, 7) is 0. The second kappa shape index (κ2) is 3.62. The van der Waals surface area contributed by atoms with E-state index in [4.69, 9.17) is 5.73 Å². The number of nitrogens with two attached hydrogens (primary N) is 1. The zero-order valence-corrected chi connectivity index (χ0v) is 10.7. The second-order valence-electron chi connectivity index (χ2n) is 3.85. The largest absolute Gasteiger partial charge is 0.399 e. The molecule has 80 valence electrons. The fraction of sp³-hybridized carbons (Fsp3) is 0.0833. The fourth-order valence-electron chi connectivity index (χ4n) is 2.00. The van der Waals surface area contributed by atoms with Crippen LogP contribution in [0.15, 0.2) is 36.7 Å². The van der Waals surface area contributed by atoms with Crippen LogP contribution in [0.3, 0.4) is 0 Å². The van der Waals surface area contributed by atoms with Gasteiger partial charge in [-0.15, -0.1) is 0 Å². The molecule has 1 aromatic heterocycles. The number of hydrogen-bond donors (Lipinski definition) is 1. The number of rotatable bonds is 0. The summed E-state index contributed by atoms with van der Waals surface area (Å²) in [5.74, 6) is 0. The van der Waals surface area contributed by atoms with E-state index in [0.29, 0.717) is 0 Å². The van der Waals surface area contributed by atoms with E-state index in [0.717, 1.165) is 12.1 Å². The number of aromatic nitrogens is 1. The van der Waals surface area contributed by atoms with Crippen molar-refractivity contribution in [1.29, 1.82) is 0 Å². The van der Waals surface area contributed by atoms with Crippen LogP contribution in [0.25, 0.3) is 0 Å². The van der Waals surface area contributed by atoms with Gasteiger partial charge in [0.05, 0.1) is 34.2 Å². The van der Waals surface area contributed by atoms with Crippen molar-refractivity contribution >= 4 is 39.9 Å². The molecule has 3 rings (SSSR count). The van der Waals surface area contributed by atoms with Crippen LogP contribution in [0, 0.1) is 0 Å². The maximum Gasteiger partial charge on any atom is 0.0646 e. The average molecular weight is 323 g/mol. The number of hydrogen-bond acceptors (Lipinski definition) is 3. The molecule has 0 saturated carbocycles. The SMILES string of the molecule is Nc1ccc2c(c1)N(I)c1ccncc1C2. The first-order valence-electron chi connectivity index (χ1n) is 5.03. The van der Waals surface area contributed by atoms with Crippen molar-refractivity contribution in [2.45, 2.75) is 6.42 Å². The molecule has 0 fully saturated rings. The number of benzene rings is 1. The van der Waals surface area contributed by atoms with Gasteiger partial charge in [0.25, 0.3) is 0 Å². The predicted octanol–water partition coefficient (Wildman–Crippen LogP) is 3.06. The van der Waals surface area contributed by atoms with E-state index in [9.17, 15) is 0 Å². The second-order valence-corrected chi connectivity index (χ2v) is 4.82. The molecule has 1 aromatic carbocycles. The minimum absolute atomic E-state index is 0.804. The molecular formula is C12H10IN3. The molecule has 0 unspecified atom stereocenters. The molecule has 2 heterocycles. The maximum absolute atomic E-state index is 5.82. The van der Waals surface area contributed by atoms with E-state index in [2.05, 4.69) is 37.0 Å². The van der Waals surface area contributed by atoms with E-state index in [1.807, 2.05) is 30.6 Å². The summed E-state index contributed by atoms with van der Waals surface area (Å²) in [6.07, 6.45) is 4.68. The van der Waals surface area contributed by atoms with Crippen molar-refractivity contribution in [3.05, 3.63) is 47.8 Å². The van der Waals surface area contributed by atoms with E-state index >= 15 is 0 Å². The van der Waals surface area contributed by atoms with E-state index < -0.39 is 0 Å². The van der Waals surface area contributed by atoms with Gasteiger partial charge in [-0.1, -0.05) is 6.07 Å². The molecular weight excluding hydrogens is 313 g/mol. The van der Waals surface area contributed by atoms with Crippen LogP contribution in [-0.2, 0) is 6.42 Å². The Morgan fingerprint density at radius 3 is 2.94 bits per heavy atom. The van der Waals surface area contributed by atoms with Gasteiger partial charge in [0.15, 0.2) is 0 Å². The predicted molar refractivity (Wildman–Crippen MR) is 74.1 cm³/mol. The standard InChI is InChI=1S/C12H10IN3/c13-16-11-3-4-15-7-9(11)5-8-1-2-10(14)6-12(8)16/h1-4,6-7H,5,14H2. The summed E-state index contributed by atoms with van der Waals surface area (Å²) >= 11 is 2.31. The summed E-state index contributed by atoms with van der Waals surface area (Å²) in [7, 11) is 0. The molecule has 0 bridgehead atoms. The Morgan fingerprint density at radius 2 is 2.06 bits per heavy atom. The lowest BCUT2D eigenvalue weighted by Crippen LogP contribution is -2.13. The third-order valence-corrected chi connectivity index (χ3v) is 3.83. The van der Waals surface area contributed by atoms with E-state index in [-0.39, 0.29) is 0 Å². The summed E-state index contributed by atoms with van der Waals surface area (Å²) in [6, 6.07) is 8.09. The summed E-state index contributed by atoms with van der Waals surface area (Å²) in [5.41, 5.74) is 11.6. The van der Waals surface area contributed by atoms with Crippen molar-refractivity contribution in [3.63, 3.8) is 0 Å². The van der Waals surface area contributed by atoms with Crippen LogP contribution in [0.5, 0.6) is 0 Å². The van der Waals surface area contributed by atoms with Crippen molar-refractivity contribution in [3.8, 4) is 0 Å².